The van der Waals surface area contributed by atoms with Gasteiger partial charge < -0.3 is 5.11 Å². The van der Waals surface area contributed by atoms with E-state index in [1.54, 1.807) is 25.1 Å². The van der Waals surface area contributed by atoms with Gasteiger partial charge in [0.15, 0.2) is 5.69 Å². The SMILES string of the molecule is C/C(=N\NC(=O)Cn1ccc(C(F)(F)F)n1)c1ccccc1O. The number of phenols is 1. The molecule has 122 valence electrons. The van der Waals surface area contributed by atoms with E-state index in [4.69, 9.17) is 0 Å². The molecule has 0 aliphatic rings. The summed E-state index contributed by atoms with van der Waals surface area (Å²) in [4.78, 5) is 11.7. The first-order valence-electron chi connectivity index (χ1n) is 6.49. The van der Waals surface area contributed by atoms with Crippen molar-refractivity contribution in [2.75, 3.05) is 0 Å². The highest BCUT2D eigenvalue weighted by Crippen LogP contribution is 2.27. The number of carbonyl (C=O) groups excluding carboxylic acids is 1. The van der Waals surface area contributed by atoms with E-state index >= 15 is 0 Å². The molecule has 1 aromatic carbocycles. The minimum atomic E-state index is -4.55. The second-order valence-corrected chi connectivity index (χ2v) is 4.65. The molecule has 23 heavy (non-hydrogen) atoms. The molecule has 1 amide bonds. The average molecular weight is 326 g/mol. The Morgan fingerprint density at radius 3 is 2.65 bits per heavy atom. The zero-order valence-corrected chi connectivity index (χ0v) is 12.0. The highest BCUT2D eigenvalue weighted by atomic mass is 19.4. The van der Waals surface area contributed by atoms with Crippen molar-refractivity contribution in [3.8, 4) is 5.75 Å². The van der Waals surface area contributed by atoms with Gasteiger partial charge in [0.1, 0.15) is 12.3 Å². The fraction of sp³-hybridized carbons (Fsp3) is 0.214. The molecule has 2 rings (SSSR count). The fourth-order valence-electron chi connectivity index (χ4n) is 1.77. The molecule has 0 saturated heterocycles. The topological polar surface area (TPSA) is 79.5 Å². The number of para-hydroxylation sites is 1. The number of aromatic nitrogens is 2. The van der Waals surface area contributed by atoms with Gasteiger partial charge in [-0.3, -0.25) is 9.48 Å². The molecule has 6 nitrogen and oxygen atoms in total. The molecule has 0 radical (unpaired) electrons. The number of nitrogens with one attached hydrogen (secondary N) is 1. The van der Waals surface area contributed by atoms with E-state index in [1.807, 2.05) is 0 Å². The Morgan fingerprint density at radius 2 is 2.04 bits per heavy atom. The van der Waals surface area contributed by atoms with Crippen LogP contribution in [0.5, 0.6) is 5.75 Å². The van der Waals surface area contributed by atoms with Crippen LogP contribution in [0.1, 0.15) is 18.2 Å². The lowest BCUT2D eigenvalue weighted by atomic mass is 10.1. The molecule has 1 heterocycles. The number of benzene rings is 1. The molecule has 1 aromatic heterocycles. The molecule has 9 heteroatoms. The number of phenolic OH excluding ortho intramolecular Hbond substituents is 1. The van der Waals surface area contributed by atoms with Gasteiger partial charge in [-0.15, -0.1) is 0 Å². The molecule has 0 aliphatic carbocycles. The Morgan fingerprint density at radius 1 is 1.35 bits per heavy atom. The van der Waals surface area contributed by atoms with Gasteiger partial charge in [0.05, 0.1) is 5.71 Å². The maximum atomic E-state index is 12.4. The van der Waals surface area contributed by atoms with Crippen molar-refractivity contribution in [3.05, 3.63) is 47.8 Å². The van der Waals surface area contributed by atoms with Gasteiger partial charge in [0, 0.05) is 11.8 Å². The zero-order valence-electron chi connectivity index (χ0n) is 12.0. The summed E-state index contributed by atoms with van der Waals surface area (Å²) in [5.41, 5.74) is 1.92. The second kappa shape index (κ2) is 6.51. The molecule has 0 bridgehead atoms. The van der Waals surface area contributed by atoms with Gasteiger partial charge in [-0.1, -0.05) is 12.1 Å². The lowest BCUT2D eigenvalue weighted by molar-refractivity contribution is -0.141. The largest absolute Gasteiger partial charge is 0.507 e. The van der Waals surface area contributed by atoms with Crippen LogP contribution in [0.4, 0.5) is 13.2 Å². The molecular formula is C14H13F3N4O2. The zero-order chi connectivity index (χ0) is 17.0. The summed E-state index contributed by atoms with van der Waals surface area (Å²) in [5.74, 6) is -0.638. The second-order valence-electron chi connectivity index (χ2n) is 4.65. The van der Waals surface area contributed by atoms with E-state index in [0.29, 0.717) is 11.3 Å². The van der Waals surface area contributed by atoms with E-state index in [0.717, 1.165) is 16.9 Å². The van der Waals surface area contributed by atoms with Gasteiger partial charge in [-0.05, 0) is 25.1 Å². The third kappa shape index (κ3) is 4.31. The highest BCUT2D eigenvalue weighted by molar-refractivity contribution is 6.01. The first-order chi connectivity index (χ1) is 10.8. The molecule has 0 unspecified atom stereocenters. The van der Waals surface area contributed by atoms with E-state index in [2.05, 4.69) is 15.6 Å². The molecule has 0 spiro atoms. The summed E-state index contributed by atoms with van der Waals surface area (Å²) in [5, 5.41) is 16.7. The summed E-state index contributed by atoms with van der Waals surface area (Å²) < 4.78 is 38.1. The minimum absolute atomic E-state index is 0.00453. The number of hydrogen-bond donors (Lipinski definition) is 2. The monoisotopic (exact) mass is 326 g/mol. The van der Waals surface area contributed by atoms with Crippen LogP contribution in [0.25, 0.3) is 0 Å². The van der Waals surface area contributed by atoms with E-state index in [-0.39, 0.29) is 5.75 Å². The van der Waals surface area contributed by atoms with Crippen LogP contribution in [0.2, 0.25) is 0 Å². The predicted octanol–water partition coefficient (Wildman–Crippen LogP) is 2.15. The van der Waals surface area contributed by atoms with Gasteiger partial charge in [-0.25, -0.2) is 5.43 Å². The van der Waals surface area contributed by atoms with Gasteiger partial charge >= 0.3 is 6.18 Å². The number of alkyl halides is 3. The van der Waals surface area contributed by atoms with Crippen molar-refractivity contribution in [3.63, 3.8) is 0 Å². The number of halogens is 3. The van der Waals surface area contributed by atoms with Crippen molar-refractivity contribution >= 4 is 11.6 Å². The van der Waals surface area contributed by atoms with Crippen LogP contribution in [0, 0.1) is 0 Å². The summed E-state index contributed by atoms with van der Waals surface area (Å²) in [6, 6.07) is 7.20. The van der Waals surface area contributed by atoms with Crippen LogP contribution < -0.4 is 5.43 Å². The number of rotatable bonds is 4. The van der Waals surface area contributed by atoms with Gasteiger partial charge in [-0.2, -0.15) is 23.4 Å². The van der Waals surface area contributed by atoms with Crippen molar-refractivity contribution < 1.29 is 23.1 Å². The lowest BCUT2D eigenvalue weighted by Gasteiger charge is -2.05. The first-order valence-corrected chi connectivity index (χ1v) is 6.49. The highest BCUT2D eigenvalue weighted by Gasteiger charge is 2.33. The summed E-state index contributed by atoms with van der Waals surface area (Å²) in [6.07, 6.45) is -3.50. The quantitative estimate of drug-likeness (QED) is 0.667. The standard InChI is InChI=1S/C14H13F3N4O2/c1-9(10-4-2-3-5-11(10)22)18-19-13(23)8-21-7-6-12(20-21)14(15,16)17/h2-7,22H,8H2,1H3,(H,19,23)/b18-9+. The Kier molecular flexibility index (Phi) is 4.68. The number of aromatic hydroxyl groups is 1. The number of nitrogens with zero attached hydrogens (tertiary/aromatic N) is 3. The Balaban J connectivity index is 1.99. The first kappa shape index (κ1) is 16.5. The molecule has 0 aliphatic heterocycles. The van der Waals surface area contributed by atoms with Gasteiger partial charge in [0.25, 0.3) is 5.91 Å². The van der Waals surface area contributed by atoms with E-state index in [1.165, 1.54) is 6.07 Å². The van der Waals surface area contributed by atoms with E-state index in [9.17, 15) is 23.1 Å². The Labute approximate surface area is 129 Å². The molecule has 0 fully saturated rings. The van der Waals surface area contributed by atoms with Gasteiger partial charge in [0.2, 0.25) is 0 Å². The maximum Gasteiger partial charge on any atom is 0.435 e. The number of hydrazone groups is 1. The van der Waals surface area contributed by atoms with Crippen molar-refractivity contribution in [1.29, 1.82) is 0 Å². The minimum Gasteiger partial charge on any atom is -0.507 e. The lowest BCUT2D eigenvalue weighted by Crippen LogP contribution is -2.24. The Bertz CT molecular complexity index is 738. The number of hydrogen-bond acceptors (Lipinski definition) is 4. The molecule has 2 aromatic rings. The van der Waals surface area contributed by atoms with Crippen LogP contribution >= 0.6 is 0 Å². The van der Waals surface area contributed by atoms with Crippen LogP contribution in [-0.2, 0) is 17.5 Å². The molecule has 2 N–H and O–H groups in total. The predicted molar refractivity (Wildman–Crippen MR) is 75.7 cm³/mol. The summed E-state index contributed by atoms with van der Waals surface area (Å²) in [7, 11) is 0. The average Bonchev–Trinajstić information content (AvgIpc) is 2.94. The number of carbonyl (C=O) groups is 1. The molecule has 0 saturated carbocycles. The maximum absolute atomic E-state index is 12.4. The molecule has 0 atom stereocenters. The third-order valence-electron chi connectivity index (χ3n) is 2.88. The van der Waals surface area contributed by atoms with Crippen molar-refractivity contribution in [2.24, 2.45) is 5.10 Å². The molecular weight excluding hydrogens is 313 g/mol. The van der Waals surface area contributed by atoms with Crippen LogP contribution in [0.3, 0.4) is 0 Å². The summed E-state index contributed by atoms with van der Waals surface area (Å²) in [6.45, 7) is 1.17. The van der Waals surface area contributed by atoms with Crippen LogP contribution in [0.15, 0.2) is 41.6 Å². The summed E-state index contributed by atoms with van der Waals surface area (Å²) >= 11 is 0. The normalized spacial score (nSPS) is 12.3. The van der Waals surface area contributed by atoms with Crippen LogP contribution in [-0.4, -0.2) is 26.5 Å². The van der Waals surface area contributed by atoms with E-state index < -0.39 is 24.3 Å². The Hall–Kier alpha value is -2.84. The third-order valence-corrected chi connectivity index (χ3v) is 2.88. The van der Waals surface area contributed by atoms with Crippen molar-refractivity contribution in [2.45, 2.75) is 19.6 Å². The number of amides is 1. The smallest absolute Gasteiger partial charge is 0.435 e. The van der Waals surface area contributed by atoms with Crippen molar-refractivity contribution in [1.82, 2.24) is 15.2 Å². The fourth-order valence-corrected chi connectivity index (χ4v) is 1.77.